The van der Waals surface area contributed by atoms with Gasteiger partial charge in [-0.05, 0) is 48.5 Å². The van der Waals surface area contributed by atoms with Crippen LogP contribution in [-0.2, 0) is 0 Å². The number of hydrogen-bond acceptors (Lipinski definition) is 5. The number of rotatable bonds is 5. The molecule has 190 valence electrons. The zero-order valence-corrected chi connectivity index (χ0v) is 20.6. The van der Waals surface area contributed by atoms with Crippen LogP contribution in [-0.4, -0.2) is 27.7 Å². The lowest BCUT2D eigenvalue weighted by Crippen LogP contribution is -2.21. The molecule has 0 bridgehead atoms. The summed E-state index contributed by atoms with van der Waals surface area (Å²) >= 11 is 12.2. The van der Waals surface area contributed by atoms with Crippen LogP contribution in [0, 0.1) is 11.6 Å². The fourth-order valence-corrected chi connectivity index (χ4v) is 4.64. The van der Waals surface area contributed by atoms with Crippen LogP contribution in [0.3, 0.4) is 0 Å². The summed E-state index contributed by atoms with van der Waals surface area (Å²) in [4.78, 5) is 46.6. The molecule has 0 fully saturated rings. The summed E-state index contributed by atoms with van der Waals surface area (Å²) in [7, 11) is 0. The van der Waals surface area contributed by atoms with Gasteiger partial charge in [-0.3, -0.25) is 19.4 Å². The van der Waals surface area contributed by atoms with Crippen molar-refractivity contribution in [3.63, 3.8) is 0 Å². The van der Waals surface area contributed by atoms with E-state index in [4.69, 9.17) is 28.9 Å². The third-order valence-corrected chi connectivity index (χ3v) is 6.40. The molecular weight excluding hydrogens is 539 g/mol. The molecule has 12 heteroatoms. The predicted molar refractivity (Wildman–Crippen MR) is 136 cm³/mol. The first-order valence-corrected chi connectivity index (χ1v) is 11.7. The molecular formula is C26H15Cl2F2N5O3. The maximum absolute atomic E-state index is 14.1. The molecule has 1 atom stereocenters. The Labute approximate surface area is 223 Å². The summed E-state index contributed by atoms with van der Waals surface area (Å²) in [5.41, 5.74) is 6.17. The Kier molecular flexibility index (Phi) is 6.52. The number of nitrogens with zero attached hydrogens (tertiary/aromatic N) is 2. The second-order valence-corrected chi connectivity index (χ2v) is 9.13. The van der Waals surface area contributed by atoms with Crippen molar-refractivity contribution in [3.05, 3.63) is 111 Å². The minimum absolute atomic E-state index is 0.0000506. The number of primary amides is 1. The van der Waals surface area contributed by atoms with Crippen molar-refractivity contribution in [3.8, 4) is 11.3 Å². The highest BCUT2D eigenvalue weighted by Gasteiger charge is 2.36. The average molecular weight is 554 g/mol. The number of halogens is 4. The van der Waals surface area contributed by atoms with Crippen LogP contribution in [0.5, 0.6) is 0 Å². The molecule has 2 aromatic heterocycles. The van der Waals surface area contributed by atoms with Gasteiger partial charge in [-0.25, -0.2) is 13.8 Å². The number of nitrogens with two attached hydrogens (primary N) is 1. The molecule has 8 nitrogen and oxygen atoms in total. The molecule has 5 rings (SSSR count). The highest BCUT2D eigenvalue weighted by atomic mass is 35.5. The molecule has 3 heterocycles. The van der Waals surface area contributed by atoms with E-state index in [0.29, 0.717) is 0 Å². The lowest BCUT2D eigenvalue weighted by molar-refractivity contribution is 0.0954. The summed E-state index contributed by atoms with van der Waals surface area (Å²) in [5, 5.41) is 5.52. The van der Waals surface area contributed by atoms with Crippen LogP contribution in [0.1, 0.15) is 48.4 Å². The van der Waals surface area contributed by atoms with Crippen molar-refractivity contribution in [2.24, 2.45) is 5.73 Å². The topological polar surface area (TPSA) is 127 Å². The third kappa shape index (κ3) is 4.67. The first-order chi connectivity index (χ1) is 18.1. The summed E-state index contributed by atoms with van der Waals surface area (Å²) in [6, 6.07) is 8.85. The van der Waals surface area contributed by atoms with Gasteiger partial charge in [-0.2, -0.15) is 0 Å². The van der Waals surface area contributed by atoms with Gasteiger partial charge in [0.2, 0.25) is 0 Å². The SMILES string of the molecule is NC(=O)c1cnccc1-c1cc(NC(=O)c2cc(F)cc(Cl)c2)c2c(n1)C(=O)NC2c1cc(F)ccc1Cl. The molecule has 2 aromatic carbocycles. The van der Waals surface area contributed by atoms with Gasteiger partial charge in [-0.15, -0.1) is 0 Å². The molecule has 0 radical (unpaired) electrons. The normalized spacial score (nSPS) is 14.1. The molecule has 0 spiro atoms. The molecule has 0 aliphatic carbocycles. The second kappa shape index (κ2) is 9.81. The van der Waals surface area contributed by atoms with Crippen LogP contribution in [0.15, 0.2) is 60.9 Å². The van der Waals surface area contributed by atoms with Crippen molar-refractivity contribution in [1.82, 2.24) is 15.3 Å². The molecule has 1 aliphatic rings. The van der Waals surface area contributed by atoms with Crippen LogP contribution in [0.2, 0.25) is 10.0 Å². The maximum atomic E-state index is 14.1. The van der Waals surface area contributed by atoms with E-state index in [1.54, 1.807) is 0 Å². The Morgan fingerprint density at radius 2 is 1.82 bits per heavy atom. The number of hydrogen-bond donors (Lipinski definition) is 3. The Bertz CT molecular complexity index is 1640. The van der Waals surface area contributed by atoms with E-state index in [-0.39, 0.29) is 54.9 Å². The van der Waals surface area contributed by atoms with Gasteiger partial charge in [0.15, 0.2) is 0 Å². The summed E-state index contributed by atoms with van der Waals surface area (Å²) < 4.78 is 28.1. The van der Waals surface area contributed by atoms with Gasteiger partial charge in [-0.1, -0.05) is 23.2 Å². The first-order valence-electron chi connectivity index (χ1n) is 10.9. The van der Waals surface area contributed by atoms with Crippen molar-refractivity contribution >= 4 is 46.6 Å². The smallest absolute Gasteiger partial charge is 0.271 e. The number of carbonyl (C=O) groups excluding carboxylic acids is 3. The molecule has 0 saturated heterocycles. The number of benzene rings is 2. The highest BCUT2D eigenvalue weighted by molar-refractivity contribution is 6.31. The van der Waals surface area contributed by atoms with Crippen molar-refractivity contribution in [2.45, 2.75) is 6.04 Å². The lowest BCUT2D eigenvalue weighted by atomic mass is 9.96. The number of fused-ring (bicyclic) bond motifs is 1. The number of nitrogens with one attached hydrogen (secondary N) is 2. The maximum Gasteiger partial charge on any atom is 0.271 e. The summed E-state index contributed by atoms with van der Waals surface area (Å²) in [6.07, 6.45) is 2.65. The van der Waals surface area contributed by atoms with Gasteiger partial charge in [0.05, 0.1) is 23.0 Å². The minimum Gasteiger partial charge on any atom is -0.366 e. The zero-order valence-electron chi connectivity index (χ0n) is 19.1. The predicted octanol–water partition coefficient (Wildman–Crippen LogP) is 4.91. The number of amides is 3. The second-order valence-electron chi connectivity index (χ2n) is 8.29. The van der Waals surface area contributed by atoms with Crippen molar-refractivity contribution in [1.29, 1.82) is 0 Å². The van der Waals surface area contributed by atoms with Gasteiger partial charge < -0.3 is 16.4 Å². The number of pyridine rings is 2. The standard InChI is InChI=1S/C26H15Cl2F2N5O3/c27-12-5-11(6-14(30)7-12)25(37)34-20-9-19(15-3-4-32-10-17(15)24(31)36)33-23-21(20)22(35-26(23)38)16-8-13(29)1-2-18(16)28/h1-10,22H,(H2,31,36)(H,35,38)(H,33,34,37). The monoisotopic (exact) mass is 553 g/mol. The van der Waals surface area contributed by atoms with Crippen LogP contribution < -0.4 is 16.4 Å². The van der Waals surface area contributed by atoms with E-state index in [0.717, 1.165) is 24.3 Å². The average Bonchev–Trinajstić information content (AvgIpc) is 3.21. The van der Waals surface area contributed by atoms with Gasteiger partial charge in [0, 0.05) is 44.7 Å². The van der Waals surface area contributed by atoms with Gasteiger partial charge in [0.25, 0.3) is 17.7 Å². The van der Waals surface area contributed by atoms with Gasteiger partial charge >= 0.3 is 0 Å². The van der Waals surface area contributed by atoms with E-state index in [2.05, 4.69) is 20.6 Å². The van der Waals surface area contributed by atoms with E-state index >= 15 is 0 Å². The largest absolute Gasteiger partial charge is 0.366 e. The molecule has 4 aromatic rings. The van der Waals surface area contributed by atoms with E-state index in [1.165, 1.54) is 36.7 Å². The van der Waals surface area contributed by atoms with Crippen molar-refractivity contribution < 1.29 is 23.2 Å². The lowest BCUT2D eigenvalue weighted by Gasteiger charge is -2.19. The molecule has 0 saturated carbocycles. The Morgan fingerprint density at radius 3 is 2.55 bits per heavy atom. The van der Waals surface area contributed by atoms with E-state index in [1.807, 2.05) is 0 Å². The Hall–Kier alpha value is -4.41. The number of anilines is 1. The van der Waals surface area contributed by atoms with Crippen LogP contribution in [0.4, 0.5) is 14.5 Å². The summed E-state index contributed by atoms with van der Waals surface area (Å²) in [6.45, 7) is 0. The Balaban J connectivity index is 1.71. The molecule has 3 amide bonds. The van der Waals surface area contributed by atoms with E-state index in [9.17, 15) is 23.2 Å². The highest BCUT2D eigenvalue weighted by Crippen LogP contribution is 2.40. The number of aromatic nitrogens is 2. The zero-order chi connectivity index (χ0) is 27.1. The quantitative estimate of drug-likeness (QED) is 0.323. The first kappa shape index (κ1) is 25.2. The molecule has 1 unspecified atom stereocenters. The summed E-state index contributed by atoms with van der Waals surface area (Å²) in [5.74, 6) is -3.50. The molecule has 38 heavy (non-hydrogen) atoms. The van der Waals surface area contributed by atoms with Crippen molar-refractivity contribution in [2.75, 3.05) is 5.32 Å². The molecule has 1 aliphatic heterocycles. The van der Waals surface area contributed by atoms with Crippen LogP contribution in [0.25, 0.3) is 11.3 Å². The fraction of sp³-hybridized carbons (Fsp3) is 0.0385. The van der Waals surface area contributed by atoms with Gasteiger partial charge in [0.1, 0.15) is 17.3 Å². The minimum atomic E-state index is -0.985. The third-order valence-electron chi connectivity index (χ3n) is 5.84. The van der Waals surface area contributed by atoms with E-state index < -0.39 is 35.4 Å². The van der Waals surface area contributed by atoms with Crippen LogP contribution >= 0.6 is 23.2 Å². The molecule has 4 N–H and O–H groups in total. The Morgan fingerprint density at radius 1 is 1.03 bits per heavy atom. The number of carbonyl (C=O) groups is 3. The fourth-order valence-electron chi connectivity index (χ4n) is 4.20.